The van der Waals surface area contributed by atoms with Gasteiger partial charge >= 0.3 is 0 Å². The van der Waals surface area contributed by atoms with E-state index in [0.717, 1.165) is 81.0 Å². The van der Waals surface area contributed by atoms with Crippen LogP contribution in [0, 0.1) is 0 Å². The van der Waals surface area contributed by atoms with Crippen LogP contribution in [0.5, 0.6) is 5.75 Å². The van der Waals surface area contributed by atoms with Crippen molar-refractivity contribution in [2.24, 2.45) is 4.99 Å². The third kappa shape index (κ3) is 5.62. The maximum absolute atomic E-state index is 5.53. The molecule has 0 aliphatic carbocycles. The predicted octanol–water partition coefficient (Wildman–Crippen LogP) is 3.08. The van der Waals surface area contributed by atoms with Gasteiger partial charge in [-0.25, -0.2) is 0 Å². The van der Waals surface area contributed by atoms with Gasteiger partial charge in [-0.2, -0.15) is 0 Å². The van der Waals surface area contributed by atoms with Crippen molar-refractivity contribution >= 4 is 41.3 Å². The summed E-state index contributed by atoms with van der Waals surface area (Å²) in [6, 6.07) is 14.2. The van der Waals surface area contributed by atoms with Gasteiger partial charge < -0.3 is 19.9 Å². The van der Waals surface area contributed by atoms with Crippen LogP contribution < -0.4 is 15.0 Å². The molecule has 3 heterocycles. The van der Waals surface area contributed by atoms with Crippen molar-refractivity contribution in [3.8, 4) is 5.75 Å². The van der Waals surface area contributed by atoms with Crippen LogP contribution >= 0.6 is 24.0 Å². The first-order chi connectivity index (χ1) is 15.3. The molecule has 32 heavy (non-hydrogen) atoms. The summed E-state index contributed by atoms with van der Waals surface area (Å²) in [5, 5.41) is 12.0. The lowest BCUT2D eigenvalue weighted by Gasteiger charge is -2.38. The number of piperazine rings is 1. The molecule has 8 nitrogen and oxygen atoms in total. The van der Waals surface area contributed by atoms with Gasteiger partial charge in [0.2, 0.25) is 0 Å². The Kier molecular flexibility index (Phi) is 8.95. The van der Waals surface area contributed by atoms with Gasteiger partial charge in [-0.3, -0.25) is 9.39 Å². The molecular weight excluding hydrogens is 517 g/mol. The third-order valence-electron chi connectivity index (χ3n) is 5.54. The summed E-state index contributed by atoms with van der Waals surface area (Å²) in [6.07, 6.45) is 3.81. The van der Waals surface area contributed by atoms with Gasteiger partial charge in [0.1, 0.15) is 11.6 Å². The standard InChI is InChI=1S/C23H31N7O.HI/c1-3-24-23(25-13-8-12-22-27-26-21-11-6-7-14-30(21)22)29-17-15-28(16-18-29)19-9-4-5-10-20(19)31-2;/h4-7,9-11,14H,3,8,12-13,15-18H2,1-2H3,(H,24,25);1H. The number of aromatic nitrogens is 3. The smallest absolute Gasteiger partial charge is 0.194 e. The molecular formula is C23H32IN7O. The number of rotatable bonds is 7. The van der Waals surface area contributed by atoms with Crippen molar-refractivity contribution in [3.05, 3.63) is 54.5 Å². The first-order valence-corrected chi connectivity index (χ1v) is 11.0. The normalized spacial score (nSPS) is 14.4. The summed E-state index contributed by atoms with van der Waals surface area (Å²) in [6.45, 7) is 7.48. The number of anilines is 1. The van der Waals surface area contributed by atoms with Gasteiger partial charge in [0.25, 0.3) is 0 Å². The zero-order valence-electron chi connectivity index (χ0n) is 18.8. The Labute approximate surface area is 206 Å². The summed E-state index contributed by atoms with van der Waals surface area (Å²) in [5.41, 5.74) is 2.05. The number of fused-ring (bicyclic) bond motifs is 1. The lowest BCUT2D eigenvalue weighted by molar-refractivity contribution is 0.367. The molecule has 172 valence electrons. The highest BCUT2D eigenvalue weighted by Gasteiger charge is 2.21. The molecule has 2 aromatic heterocycles. The third-order valence-corrected chi connectivity index (χ3v) is 5.54. The van der Waals surface area contributed by atoms with Crippen LogP contribution in [-0.2, 0) is 6.42 Å². The van der Waals surface area contributed by atoms with E-state index in [1.807, 2.05) is 40.9 Å². The lowest BCUT2D eigenvalue weighted by Crippen LogP contribution is -2.52. The van der Waals surface area contributed by atoms with Crippen LogP contribution in [0.3, 0.4) is 0 Å². The van der Waals surface area contributed by atoms with E-state index in [2.05, 4.69) is 44.4 Å². The Hall–Kier alpha value is -2.56. The van der Waals surface area contributed by atoms with Gasteiger partial charge in [-0.05, 0) is 37.6 Å². The van der Waals surface area contributed by atoms with Crippen LogP contribution in [0.15, 0.2) is 53.7 Å². The maximum Gasteiger partial charge on any atom is 0.194 e. The zero-order valence-corrected chi connectivity index (χ0v) is 21.1. The number of benzene rings is 1. The average Bonchev–Trinajstić information content (AvgIpc) is 3.24. The number of aliphatic imine (C=N–C) groups is 1. The topological polar surface area (TPSA) is 70.3 Å². The number of pyridine rings is 1. The minimum Gasteiger partial charge on any atom is -0.495 e. The maximum atomic E-state index is 5.53. The molecule has 1 aliphatic heterocycles. The Morgan fingerprint density at radius 3 is 2.62 bits per heavy atom. The molecule has 0 saturated carbocycles. The number of methoxy groups -OCH3 is 1. The van der Waals surface area contributed by atoms with Crippen LogP contribution in [0.2, 0.25) is 0 Å². The number of nitrogens with zero attached hydrogens (tertiary/aromatic N) is 6. The molecule has 1 aliphatic rings. The number of halogens is 1. The second-order valence-corrected chi connectivity index (χ2v) is 7.53. The Morgan fingerprint density at radius 1 is 1.06 bits per heavy atom. The van der Waals surface area contributed by atoms with E-state index >= 15 is 0 Å². The minimum atomic E-state index is 0. The number of hydrogen-bond acceptors (Lipinski definition) is 5. The Balaban J connectivity index is 0.00000289. The van der Waals surface area contributed by atoms with Gasteiger partial charge in [0.05, 0.1) is 12.8 Å². The van der Waals surface area contributed by atoms with Crippen molar-refractivity contribution in [3.63, 3.8) is 0 Å². The molecule has 0 atom stereocenters. The number of ether oxygens (including phenoxy) is 1. The fourth-order valence-electron chi connectivity index (χ4n) is 3.96. The predicted molar refractivity (Wildman–Crippen MR) is 139 cm³/mol. The number of guanidine groups is 1. The van der Waals surface area contributed by atoms with E-state index < -0.39 is 0 Å². The van der Waals surface area contributed by atoms with Gasteiger partial charge in [0, 0.05) is 51.9 Å². The molecule has 1 saturated heterocycles. The SMILES string of the molecule is CCNC(=NCCCc1nnc2ccccn12)N1CCN(c2ccccc2OC)CC1.I. The highest BCUT2D eigenvalue weighted by molar-refractivity contribution is 14.0. The van der Waals surface area contributed by atoms with E-state index in [1.54, 1.807) is 7.11 Å². The first kappa shape index (κ1) is 24.1. The fraction of sp³-hybridized carbons (Fsp3) is 0.435. The number of nitrogens with one attached hydrogen (secondary N) is 1. The molecule has 4 rings (SSSR count). The zero-order chi connectivity index (χ0) is 21.5. The number of hydrogen-bond donors (Lipinski definition) is 1. The van der Waals surface area contributed by atoms with Gasteiger partial charge in [0.15, 0.2) is 11.6 Å². The Morgan fingerprint density at radius 2 is 1.84 bits per heavy atom. The molecule has 3 aromatic rings. The van der Waals surface area contributed by atoms with E-state index in [0.29, 0.717) is 0 Å². The summed E-state index contributed by atoms with van der Waals surface area (Å²) in [7, 11) is 1.73. The largest absolute Gasteiger partial charge is 0.495 e. The van der Waals surface area contributed by atoms with Gasteiger partial charge in [-0.1, -0.05) is 18.2 Å². The molecule has 1 N–H and O–H groups in total. The van der Waals surface area contributed by atoms with Crippen molar-refractivity contribution in [1.29, 1.82) is 0 Å². The van der Waals surface area contributed by atoms with Crippen LogP contribution in [-0.4, -0.2) is 71.8 Å². The fourth-order valence-corrected chi connectivity index (χ4v) is 3.96. The van der Waals surface area contributed by atoms with E-state index in [4.69, 9.17) is 9.73 Å². The highest BCUT2D eigenvalue weighted by Crippen LogP contribution is 2.28. The van der Waals surface area contributed by atoms with Crippen molar-refractivity contribution in [1.82, 2.24) is 24.8 Å². The quantitative estimate of drug-likeness (QED) is 0.212. The summed E-state index contributed by atoms with van der Waals surface area (Å²) in [5.74, 6) is 2.91. The second kappa shape index (κ2) is 11.9. The summed E-state index contributed by atoms with van der Waals surface area (Å²) < 4.78 is 7.58. The molecule has 1 aromatic carbocycles. The van der Waals surface area contributed by atoms with E-state index in [1.165, 1.54) is 0 Å². The number of aryl methyl sites for hydroxylation is 1. The second-order valence-electron chi connectivity index (χ2n) is 7.53. The molecule has 0 unspecified atom stereocenters. The Bertz CT molecular complexity index is 1010. The number of para-hydroxylation sites is 2. The molecule has 1 fully saturated rings. The average molecular weight is 549 g/mol. The summed E-state index contributed by atoms with van der Waals surface area (Å²) >= 11 is 0. The summed E-state index contributed by atoms with van der Waals surface area (Å²) in [4.78, 5) is 9.61. The monoisotopic (exact) mass is 549 g/mol. The first-order valence-electron chi connectivity index (χ1n) is 11.0. The highest BCUT2D eigenvalue weighted by atomic mass is 127. The van der Waals surface area contributed by atoms with Crippen LogP contribution in [0.25, 0.3) is 5.65 Å². The molecule has 0 spiro atoms. The van der Waals surface area contributed by atoms with E-state index in [-0.39, 0.29) is 24.0 Å². The molecule has 0 amide bonds. The van der Waals surface area contributed by atoms with Crippen molar-refractivity contribution < 1.29 is 4.74 Å². The van der Waals surface area contributed by atoms with E-state index in [9.17, 15) is 0 Å². The van der Waals surface area contributed by atoms with Crippen LogP contribution in [0.1, 0.15) is 19.2 Å². The van der Waals surface area contributed by atoms with Crippen molar-refractivity contribution in [2.75, 3.05) is 51.3 Å². The van der Waals surface area contributed by atoms with Crippen molar-refractivity contribution in [2.45, 2.75) is 19.8 Å². The molecule has 0 radical (unpaired) electrons. The van der Waals surface area contributed by atoms with Gasteiger partial charge in [-0.15, -0.1) is 34.2 Å². The van der Waals surface area contributed by atoms with Crippen LogP contribution in [0.4, 0.5) is 5.69 Å². The molecule has 0 bridgehead atoms. The molecule has 9 heteroatoms. The minimum absolute atomic E-state index is 0. The lowest BCUT2D eigenvalue weighted by atomic mass is 10.2.